The summed E-state index contributed by atoms with van der Waals surface area (Å²) >= 11 is 1.51. The zero-order chi connectivity index (χ0) is 13.2. The molecule has 0 spiro atoms. The maximum atomic E-state index is 5.24. The number of thiazole rings is 1. The zero-order valence-corrected chi connectivity index (χ0v) is 11.1. The van der Waals surface area contributed by atoms with Crippen molar-refractivity contribution in [2.75, 3.05) is 7.11 Å². The summed E-state index contributed by atoms with van der Waals surface area (Å²) in [7, 11) is 1.56. The van der Waals surface area contributed by atoms with Gasteiger partial charge in [0.05, 0.1) is 18.3 Å². The van der Waals surface area contributed by atoms with E-state index in [0.717, 1.165) is 15.4 Å². The van der Waals surface area contributed by atoms with Gasteiger partial charge in [-0.15, -0.1) is 11.3 Å². The number of nitrogens with zero attached hydrogens (tertiary/aromatic N) is 4. The molecule has 3 rings (SSSR count). The standard InChI is InChI=1S/C12H10N4O2S/c1-7-14-6-9(19-7)12-15-11(16-18-12)8-3-4-13-10(5-8)17-2/h3-6H,1-2H3. The second-order valence-corrected chi connectivity index (χ2v) is 4.99. The molecule has 0 saturated carbocycles. The van der Waals surface area contributed by atoms with Crippen molar-refractivity contribution in [1.29, 1.82) is 0 Å². The summed E-state index contributed by atoms with van der Waals surface area (Å²) in [5, 5.41) is 4.92. The van der Waals surface area contributed by atoms with Gasteiger partial charge in [0.25, 0.3) is 5.89 Å². The van der Waals surface area contributed by atoms with Gasteiger partial charge in [0.2, 0.25) is 11.7 Å². The molecule has 0 aliphatic carbocycles. The molecule has 0 radical (unpaired) electrons. The molecule has 0 saturated heterocycles. The van der Waals surface area contributed by atoms with E-state index in [-0.39, 0.29) is 0 Å². The largest absolute Gasteiger partial charge is 0.481 e. The summed E-state index contributed by atoms with van der Waals surface area (Å²) in [5.41, 5.74) is 0.795. The number of aryl methyl sites for hydroxylation is 1. The average molecular weight is 274 g/mol. The molecule has 0 amide bonds. The highest BCUT2D eigenvalue weighted by molar-refractivity contribution is 7.14. The van der Waals surface area contributed by atoms with Gasteiger partial charge in [-0.1, -0.05) is 5.16 Å². The van der Waals surface area contributed by atoms with Gasteiger partial charge in [0.1, 0.15) is 4.88 Å². The molecule has 3 heterocycles. The molecule has 0 aliphatic rings. The van der Waals surface area contributed by atoms with Crippen molar-refractivity contribution < 1.29 is 9.26 Å². The number of hydrogen-bond donors (Lipinski definition) is 0. The number of methoxy groups -OCH3 is 1. The summed E-state index contributed by atoms with van der Waals surface area (Å²) in [5.74, 6) is 1.48. The molecule has 96 valence electrons. The van der Waals surface area contributed by atoms with Gasteiger partial charge in [0.15, 0.2) is 0 Å². The highest BCUT2D eigenvalue weighted by atomic mass is 32.1. The first kappa shape index (κ1) is 11.8. The fourth-order valence-corrected chi connectivity index (χ4v) is 2.26. The van der Waals surface area contributed by atoms with Gasteiger partial charge in [-0.05, 0) is 13.0 Å². The molecule has 0 aromatic carbocycles. The second kappa shape index (κ2) is 4.77. The molecule has 0 N–H and O–H groups in total. The van der Waals surface area contributed by atoms with Gasteiger partial charge in [-0.2, -0.15) is 4.98 Å². The lowest BCUT2D eigenvalue weighted by molar-refractivity contribution is 0.398. The molecular formula is C12H10N4O2S. The molecule has 3 aromatic heterocycles. The quantitative estimate of drug-likeness (QED) is 0.730. The monoisotopic (exact) mass is 274 g/mol. The normalized spacial score (nSPS) is 10.6. The van der Waals surface area contributed by atoms with Crippen molar-refractivity contribution in [3.63, 3.8) is 0 Å². The van der Waals surface area contributed by atoms with Crippen LogP contribution < -0.4 is 4.74 Å². The minimum atomic E-state index is 0.469. The van der Waals surface area contributed by atoms with Gasteiger partial charge >= 0.3 is 0 Å². The number of pyridine rings is 1. The van der Waals surface area contributed by atoms with Crippen LogP contribution in [-0.2, 0) is 0 Å². The van der Waals surface area contributed by atoms with Crippen LogP contribution in [0.3, 0.4) is 0 Å². The summed E-state index contributed by atoms with van der Waals surface area (Å²) in [6.45, 7) is 1.93. The van der Waals surface area contributed by atoms with Crippen LogP contribution >= 0.6 is 11.3 Å². The number of hydrogen-bond acceptors (Lipinski definition) is 7. The van der Waals surface area contributed by atoms with Crippen molar-refractivity contribution in [3.8, 4) is 28.0 Å². The smallest absolute Gasteiger partial charge is 0.269 e. The van der Waals surface area contributed by atoms with Crippen LogP contribution in [0.25, 0.3) is 22.2 Å². The first-order valence-electron chi connectivity index (χ1n) is 5.53. The molecule has 0 atom stereocenters. The van der Waals surface area contributed by atoms with Crippen LogP contribution in [0.2, 0.25) is 0 Å². The predicted octanol–water partition coefficient (Wildman–Crippen LogP) is 2.57. The van der Waals surface area contributed by atoms with E-state index < -0.39 is 0 Å². The lowest BCUT2D eigenvalue weighted by Crippen LogP contribution is -1.88. The van der Waals surface area contributed by atoms with Gasteiger partial charge < -0.3 is 9.26 Å². The molecule has 0 fully saturated rings. The van der Waals surface area contributed by atoms with Crippen molar-refractivity contribution in [2.45, 2.75) is 6.92 Å². The maximum Gasteiger partial charge on any atom is 0.269 e. The Morgan fingerprint density at radius 3 is 2.95 bits per heavy atom. The Morgan fingerprint density at radius 2 is 2.21 bits per heavy atom. The third-order valence-electron chi connectivity index (χ3n) is 2.46. The number of aromatic nitrogens is 4. The lowest BCUT2D eigenvalue weighted by Gasteiger charge is -1.98. The van der Waals surface area contributed by atoms with Crippen LogP contribution in [0.1, 0.15) is 5.01 Å². The molecule has 6 nitrogen and oxygen atoms in total. The van der Waals surface area contributed by atoms with Gasteiger partial charge in [0, 0.05) is 17.8 Å². The average Bonchev–Trinajstić information content (AvgIpc) is 3.07. The van der Waals surface area contributed by atoms with Crippen molar-refractivity contribution in [1.82, 2.24) is 20.1 Å². The van der Waals surface area contributed by atoms with E-state index in [4.69, 9.17) is 9.26 Å². The van der Waals surface area contributed by atoms with Crippen molar-refractivity contribution in [3.05, 3.63) is 29.5 Å². The van der Waals surface area contributed by atoms with Gasteiger partial charge in [-0.25, -0.2) is 9.97 Å². The fraction of sp³-hybridized carbons (Fsp3) is 0.167. The van der Waals surface area contributed by atoms with E-state index >= 15 is 0 Å². The summed E-state index contributed by atoms with van der Waals surface area (Å²) in [6.07, 6.45) is 3.37. The number of ether oxygens (including phenoxy) is 1. The molecule has 0 aliphatic heterocycles. The summed E-state index contributed by atoms with van der Waals surface area (Å²) in [4.78, 5) is 13.4. The Hall–Kier alpha value is -2.28. The lowest BCUT2D eigenvalue weighted by atomic mass is 10.2. The van der Waals surface area contributed by atoms with E-state index in [1.807, 2.05) is 6.92 Å². The molecule has 0 unspecified atom stereocenters. The van der Waals surface area contributed by atoms with E-state index in [9.17, 15) is 0 Å². The highest BCUT2D eigenvalue weighted by Gasteiger charge is 2.13. The molecule has 0 bridgehead atoms. The third-order valence-corrected chi connectivity index (χ3v) is 3.36. The summed E-state index contributed by atoms with van der Waals surface area (Å²) in [6, 6.07) is 3.56. The second-order valence-electron chi connectivity index (χ2n) is 3.75. The van der Waals surface area contributed by atoms with E-state index in [1.165, 1.54) is 11.3 Å². The molecular weight excluding hydrogens is 264 g/mol. The van der Waals surface area contributed by atoms with Crippen molar-refractivity contribution >= 4 is 11.3 Å². The topological polar surface area (TPSA) is 73.9 Å². The Kier molecular flexibility index (Phi) is 2.96. The van der Waals surface area contributed by atoms with Crippen molar-refractivity contribution in [2.24, 2.45) is 0 Å². The third kappa shape index (κ3) is 2.32. The first-order chi connectivity index (χ1) is 9.26. The first-order valence-corrected chi connectivity index (χ1v) is 6.35. The Bertz CT molecular complexity index is 707. The number of rotatable bonds is 3. The van der Waals surface area contributed by atoms with Crippen LogP contribution in [0.15, 0.2) is 29.0 Å². The van der Waals surface area contributed by atoms with Crippen LogP contribution in [-0.4, -0.2) is 27.2 Å². The van der Waals surface area contributed by atoms with Gasteiger partial charge in [-0.3, -0.25) is 0 Å². The molecule has 19 heavy (non-hydrogen) atoms. The Balaban J connectivity index is 1.96. The van der Waals surface area contributed by atoms with Crippen LogP contribution in [0, 0.1) is 6.92 Å². The van der Waals surface area contributed by atoms with Crippen LogP contribution in [0.5, 0.6) is 5.88 Å². The Labute approximate surface area is 113 Å². The predicted molar refractivity (Wildman–Crippen MR) is 69.9 cm³/mol. The van der Waals surface area contributed by atoms with E-state index in [1.54, 1.807) is 31.6 Å². The SMILES string of the molecule is COc1cc(-c2noc(-c3cnc(C)s3)n2)ccn1. The van der Waals surface area contributed by atoms with Crippen LogP contribution in [0.4, 0.5) is 0 Å². The minimum absolute atomic E-state index is 0.469. The zero-order valence-electron chi connectivity index (χ0n) is 10.3. The highest BCUT2D eigenvalue weighted by Crippen LogP contribution is 2.27. The maximum absolute atomic E-state index is 5.24. The Morgan fingerprint density at radius 1 is 1.32 bits per heavy atom. The summed E-state index contributed by atoms with van der Waals surface area (Å²) < 4.78 is 10.3. The fourth-order valence-electron chi connectivity index (χ4n) is 1.56. The van der Waals surface area contributed by atoms with E-state index in [0.29, 0.717) is 17.6 Å². The molecule has 7 heteroatoms. The molecule has 3 aromatic rings. The van der Waals surface area contributed by atoms with E-state index in [2.05, 4.69) is 20.1 Å². The minimum Gasteiger partial charge on any atom is -0.481 e.